The van der Waals surface area contributed by atoms with Gasteiger partial charge in [0.15, 0.2) is 0 Å². The standard InChI is InChI=1S/C17H11N/c1-2-13-7-9-15(10-8-13)17-12-11-14-5-3-4-6-16(14)18-17/h1,3-12H. The molecule has 0 unspecified atom stereocenters. The minimum absolute atomic E-state index is 0.888. The molecule has 0 aliphatic rings. The zero-order valence-electron chi connectivity index (χ0n) is 9.80. The maximum absolute atomic E-state index is 5.35. The number of nitrogens with zero attached hydrogens (tertiary/aromatic N) is 1. The Labute approximate surface area is 106 Å². The molecule has 18 heavy (non-hydrogen) atoms. The highest BCUT2D eigenvalue weighted by molar-refractivity contribution is 5.81. The fourth-order valence-corrected chi connectivity index (χ4v) is 1.96. The Bertz CT molecular complexity index is 733. The van der Waals surface area contributed by atoms with Crippen LogP contribution in [0.2, 0.25) is 0 Å². The van der Waals surface area contributed by atoms with E-state index in [0.717, 1.165) is 27.7 Å². The van der Waals surface area contributed by atoms with Crippen LogP contribution in [0.4, 0.5) is 0 Å². The first-order chi connectivity index (χ1) is 8.86. The third-order valence-corrected chi connectivity index (χ3v) is 2.95. The summed E-state index contributed by atoms with van der Waals surface area (Å²) in [6, 6.07) is 20.1. The lowest BCUT2D eigenvalue weighted by molar-refractivity contribution is 1.40. The van der Waals surface area contributed by atoms with E-state index in [1.165, 1.54) is 0 Å². The maximum Gasteiger partial charge on any atom is 0.0709 e. The average molecular weight is 229 g/mol. The second kappa shape index (κ2) is 4.35. The molecule has 0 amide bonds. The van der Waals surface area contributed by atoms with E-state index >= 15 is 0 Å². The second-order valence-corrected chi connectivity index (χ2v) is 4.11. The van der Waals surface area contributed by atoms with E-state index in [0.29, 0.717) is 0 Å². The number of terminal acetylenes is 1. The molecule has 0 aliphatic carbocycles. The van der Waals surface area contributed by atoms with E-state index in [1.807, 2.05) is 48.5 Å². The number of hydrogen-bond donors (Lipinski definition) is 0. The number of aromatic nitrogens is 1. The predicted molar refractivity (Wildman–Crippen MR) is 75.1 cm³/mol. The number of para-hydroxylation sites is 1. The maximum atomic E-state index is 5.35. The van der Waals surface area contributed by atoms with Gasteiger partial charge in [-0.25, -0.2) is 4.98 Å². The van der Waals surface area contributed by atoms with Crippen LogP contribution < -0.4 is 0 Å². The van der Waals surface area contributed by atoms with Crippen LogP contribution >= 0.6 is 0 Å². The van der Waals surface area contributed by atoms with Crippen molar-refractivity contribution in [3.63, 3.8) is 0 Å². The lowest BCUT2D eigenvalue weighted by Crippen LogP contribution is -1.85. The minimum Gasteiger partial charge on any atom is -0.248 e. The molecule has 84 valence electrons. The molecule has 0 atom stereocenters. The van der Waals surface area contributed by atoms with Gasteiger partial charge in [-0.05, 0) is 24.3 Å². The number of benzene rings is 2. The largest absolute Gasteiger partial charge is 0.248 e. The predicted octanol–water partition coefficient (Wildman–Crippen LogP) is 3.88. The monoisotopic (exact) mass is 229 g/mol. The van der Waals surface area contributed by atoms with E-state index in [9.17, 15) is 0 Å². The van der Waals surface area contributed by atoms with E-state index < -0.39 is 0 Å². The molecule has 3 rings (SSSR count). The van der Waals surface area contributed by atoms with Gasteiger partial charge in [-0.15, -0.1) is 6.42 Å². The first-order valence-corrected chi connectivity index (χ1v) is 5.80. The third-order valence-electron chi connectivity index (χ3n) is 2.95. The first kappa shape index (κ1) is 10.6. The molecule has 0 spiro atoms. The molecule has 3 aromatic rings. The molecule has 0 saturated carbocycles. The van der Waals surface area contributed by atoms with Gasteiger partial charge in [0.1, 0.15) is 0 Å². The highest BCUT2D eigenvalue weighted by Crippen LogP contribution is 2.21. The summed E-state index contributed by atoms with van der Waals surface area (Å²) in [5.41, 5.74) is 3.95. The summed E-state index contributed by atoms with van der Waals surface area (Å²) in [4.78, 5) is 4.65. The Kier molecular flexibility index (Phi) is 2.55. The van der Waals surface area contributed by atoms with Crippen molar-refractivity contribution in [3.8, 4) is 23.6 Å². The van der Waals surface area contributed by atoms with Crippen LogP contribution in [0.3, 0.4) is 0 Å². The van der Waals surface area contributed by atoms with Gasteiger partial charge in [-0.1, -0.05) is 42.3 Å². The van der Waals surface area contributed by atoms with Crippen LogP contribution in [0.15, 0.2) is 60.7 Å². The van der Waals surface area contributed by atoms with Crippen LogP contribution in [0, 0.1) is 12.3 Å². The number of hydrogen-bond acceptors (Lipinski definition) is 1. The Morgan fingerprint density at radius 3 is 2.39 bits per heavy atom. The lowest BCUT2D eigenvalue weighted by Gasteiger charge is -2.03. The first-order valence-electron chi connectivity index (χ1n) is 5.80. The zero-order valence-corrected chi connectivity index (χ0v) is 9.80. The quantitative estimate of drug-likeness (QED) is 0.577. The van der Waals surface area contributed by atoms with Gasteiger partial charge >= 0.3 is 0 Å². The minimum atomic E-state index is 0.888. The van der Waals surface area contributed by atoms with Crippen LogP contribution in [0.1, 0.15) is 5.56 Å². The SMILES string of the molecule is C#Cc1ccc(-c2ccc3ccccc3n2)cc1. The molecule has 0 fully saturated rings. The van der Waals surface area contributed by atoms with Gasteiger partial charge in [0, 0.05) is 16.5 Å². The molecule has 1 aromatic heterocycles. The topological polar surface area (TPSA) is 12.9 Å². The Morgan fingerprint density at radius 1 is 0.833 bits per heavy atom. The molecule has 1 heterocycles. The van der Waals surface area contributed by atoms with Crippen LogP contribution in [-0.4, -0.2) is 4.98 Å². The molecular weight excluding hydrogens is 218 g/mol. The van der Waals surface area contributed by atoms with E-state index in [2.05, 4.69) is 23.0 Å². The molecule has 0 bridgehead atoms. The fourth-order valence-electron chi connectivity index (χ4n) is 1.96. The summed E-state index contributed by atoms with van der Waals surface area (Å²) >= 11 is 0. The van der Waals surface area contributed by atoms with Crippen molar-refractivity contribution >= 4 is 10.9 Å². The van der Waals surface area contributed by atoms with Crippen molar-refractivity contribution in [2.24, 2.45) is 0 Å². The van der Waals surface area contributed by atoms with Gasteiger partial charge < -0.3 is 0 Å². The van der Waals surface area contributed by atoms with Crippen molar-refractivity contribution in [2.45, 2.75) is 0 Å². The summed E-state index contributed by atoms with van der Waals surface area (Å²) in [7, 11) is 0. The summed E-state index contributed by atoms with van der Waals surface area (Å²) in [6.45, 7) is 0. The van der Waals surface area contributed by atoms with Crippen molar-refractivity contribution in [2.75, 3.05) is 0 Å². The smallest absolute Gasteiger partial charge is 0.0709 e. The van der Waals surface area contributed by atoms with Crippen LogP contribution in [-0.2, 0) is 0 Å². The Morgan fingerprint density at radius 2 is 1.61 bits per heavy atom. The summed E-state index contributed by atoms with van der Waals surface area (Å²) in [5.74, 6) is 2.61. The number of fused-ring (bicyclic) bond motifs is 1. The summed E-state index contributed by atoms with van der Waals surface area (Å²) in [5, 5.41) is 1.15. The molecule has 2 aromatic carbocycles. The highest BCUT2D eigenvalue weighted by atomic mass is 14.7. The lowest BCUT2D eigenvalue weighted by atomic mass is 10.1. The normalized spacial score (nSPS) is 10.2. The number of rotatable bonds is 1. The molecule has 0 saturated heterocycles. The Hall–Kier alpha value is -2.59. The van der Waals surface area contributed by atoms with Crippen molar-refractivity contribution < 1.29 is 0 Å². The van der Waals surface area contributed by atoms with Crippen molar-refractivity contribution in [1.29, 1.82) is 0 Å². The summed E-state index contributed by atoms with van der Waals surface area (Å²) in [6.07, 6.45) is 5.35. The van der Waals surface area contributed by atoms with Crippen molar-refractivity contribution in [1.82, 2.24) is 4.98 Å². The molecule has 0 radical (unpaired) electrons. The van der Waals surface area contributed by atoms with Gasteiger partial charge in [0.05, 0.1) is 11.2 Å². The zero-order chi connectivity index (χ0) is 12.4. The highest BCUT2D eigenvalue weighted by Gasteiger charge is 2.00. The van der Waals surface area contributed by atoms with Crippen LogP contribution in [0.25, 0.3) is 22.2 Å². The molecular formula is C17H11N. The van der Waals surface area contributed by atoms with Gasteiger partial charge in [-0.2, -0.15) is 0 Å². The van der Waals surface area contributed by atoms with Gasteiger partial charge in [-0.3, -0.25) is 0 Å². The fraction of sp³-hybridized carbons (Fsp3) is 0. The molecule has 1 heteroatoms. The van der Waals surface area contributed by atoms with E-state index in [4.69, 9.17) is 6.42 Å². The van der Waals surface area contributed by atoms with E-state index in [-0.39, 0.29) is 0 Å². The van der Waals surface area contributed by atoms with Gasteiger partial charge in [0.25, 0.3) is 0 Å². The molecule has 0 N–H and O–H groups in total. The Balaban J connectivity index is 2.10. The molecule has 0 aliphatic heterocycles. The number of pyridine rings is 1. The average Bonchev–Trinajstić information content (AvgIpc) is 2.47. The van der Waals surface area contributed by atoms with Gasteiger partial charge in [0.2, 0.25) is 0 Å². The summed E-state index contributed by atoms with van der Waals surface area (Å²) < 4.78 is 0. The molecule has 1 nitrogen and oxygen atoms in total. The van der Waals surface area contributed by atoms with Crippen molar-refractivity contribution in [3.05, 3.63) is 66.2 Å². The second-order valence-electron chi connectivity index (χ2n) is 4.11. The van der Waals surface area contributed by atoms with Crippen LogP contribution in [0.5, 0.6) is 0 Å². The third kappa shape index (κ3) is 1.85. The van der Waals surface area contributed by atoms with E-state index in [1.54, 1.807) is 0 Å².